The van der Waals surface area contributed by atoms with E-state index in [1.165, 1.54) is 0 Å². The molecule has 0 unspecified atom stereocenters. The molecule has 0 heterocycles. The number of aryl methyl sites for hydroxylation is 1. The number of hydrogen-bond donors (Lipinski definition) is 2. The number of benzene rings is 3. The molecule has 0 radical (unpaired) electrons. The quantitative estimate of drug-likeness (QED) is 0.639. The summed E-state index contributed by atoms with van der Waals surface area (Å²) in [6.07, 6.45) is 0. The predicted molar refractivity (Wildman–Crippen MR) is 111 cm³/mol. The first-order chi connectivity index (χ1) is 13.3. The molecule has 4 nitrogen and oxygen atoms in total. The molecule has 28 heavy (non-hydrogen) atoms. The van der Waals surface area contributed by atoms with E-state index in [0.717, 1.165) is 16.7 Å². The van der Waals surface area contributed by atoms with Gasteiger partial charge in [-0.25, -0.2) is 13.1 Å². The first-order valence-corrected chi connectivity index (χ1v) is 10.7. The van der Waals surface area contributed by atoms with E-state index in [0.29, 0.717) is 0 Å². The molecule has 3 rings (SSSR count). The van der Waals surface area contributed by atoms with Crippen LogP contribution in [0.2, 0.25) is 0 Å². The highest BCUT2D eigenvalue weighted by molar-refractivity contribution is 7.89. The average Bonchev–Trinajstić information content (AvgIpc) is 2.73. The lowest BCUT2D eigenvalue weighted by Crippen LogP contribution is -2.41. The van der Waals surface area contributed by atoms with Gasteiger partial charge in [-0.2, -0.15) is 0 Å². The summed E-state index contributed by atoms with van der Waals surface area (Å²) in [5, 5.41) is 11.7. The molecular weight excluding hydrogens is 370 g/mol. The van der Waals surface area contributed by atoms with Crippen LogP contribution in [0.5, 0.6) is 0 Å². The van der Waals surface area contributed by atoms with Crippen LogP contribution in [0.15, 0.2) is 89.8 Å². The summed E-state index contributed by atoms with van der Waals surface area (Å²) in [4.78, 5) is 0.216. The maximum absolute atomic E-state index is 12.7. The zero-order valence-electron chi connectivity index (χ0n) is 16.0. The molecule has 0 saturated heterocycles. The van der Waals surface area contributed by atoms with Crippen LogP contribution in [-0.2, 0) is 15.6 Å². The van der Waals surface area contributed by atoms with Crippen LogP contribution in [0.4, 0.5) is 0 Å². The Morgan fingerprint density at radius 1 is 0.857 bits per heavy atom. The van der Waals surface area contributed by atoms with Crippen LogP contribution in [0, 0.1) is 12.8 Å². The van der Waals surface area contributed by atoms with E-state index < -0.39 is 21.5 Å². The number of nitrogens with one attached hydrogen (secondary N) is 1. The van der Waals surface area contributed by atoms with Gasteiger partial charge in [-0.1, -0.05) is 85.3 Å². The fraction of sp³-hybridized carbons (Fsp3) is 0.217. The molecule has 0 fully saturated rings. The summed E-state index contributed by atoms with van der Waals surface area (Å²) in [5.41, 5.74) is 1.12. The fourth-order valence-electron chi connectivity index (χ4n) is 3.30. The normalized spacial score (nSPS) is 13.2. The van der Waals surface area contributed by atoms with Gasteiger partial charge in [-0.3, -0.25) is 0 Å². The van der Waals surface area contributed by atoms with Gasteiger partial charge in [-0.05, 0) is 30.2 Å². The van der Waals surface area contributed by atoms with Crippen molar-refractivity contribution in [3.8, 4) is 0 Å². The number of hydrogen-bond acceptors (Lipinski definition) is 3. The molecule has 0 aliphatic heterocycles. The zero-order chi connectivity index (χ0) is 20.2. The summed E-state index contributed by atoms with van der Waals surface area (Å²) in [6, 6.07) is 25.4. The minimum atomic E-state index is -3.66. The smallest absolute Gasteiger partial charge is 0.240 e. The van der Waals surface area contributed by atoms with Crippen LogP contribution in [0.3, 0.4) is 0 Å². The summed E-state index contributed by atoms with van der Waals surface area (Å²) >= 11 is 0. The van der Waals surface area contributed by atoms with Gasteiger partial charge in [0, 0.05) is 12.5 Å². The van der Waals surface area contributed by atoms with Crippen molar-refractivity contribution in [3.63, 3.8) is 0 Å². The fourth-order valence-corrected chi connectivity index (χ4v) is 4.43. The number of sulfonamides is 1. The van der Waals surface area contributed by atoms with Gasteiger partial charge in [0.05, 0.1) is 4.90 Å². The number of rotatable bonds is 7. The van der Waals surface area contributed by atoms with Gasteiger partial charge >= 0.3 is 0 Å². The molecule has 1 atom stereocenters. The molecule has 0 bridgehead atoms. The van der Waals surface area contributed by atoms with Gasteiger partial charge in [0.2, 0.25) is 10.0 Å². The predicted octanol–water partition coefficient (Wildman–Crippen LogP) is 3.85. The standard InChI is InChI=1S/C23H25NO3S/c1-18-13-15-22(16-14-18)28(26,27)24-17-19(2)23(25,20-9-5-3-6-10-20)21-11-7-4-8-12-21/h3-16,19,24-25H,17H2,1-2H3/t19-/m1/s1. The first kappa shape index (κ1) is 20.3. The molecule has 146 valence electrons. The average molecular weight is 396 g/mol. The van der Waals surface area contributed by atoms with E-state index >= 15 is 0 Å². The van der Waals surface area contributed by atoms with Crippen LogP contribution in [0.1, 0.15) is 23.6 Å². The van der Waals surface area contributed by atoms with Crippen molar-refractivity contribution in [2.24, 2.45) is 5.92 Å². The van der Waals surface area contributed by atoms with Crippen molar-refractivity contribution in [1.29, 1.82) is 0 Å². The van der Waals surface area contributed by atoms with Gasteiger partial charge < -0.3 is 5.11 Å². The largest absolute Gasteiger partial charge is 0.380 e. The lowest BCUT2D eigenvalue weighted by Gasteiger charge is -2.35. The Labute approximate surface area is 166 Å². The molecule has 0 saturated carbocycles. The van der Waals surface area contributed by atoms with Crippen molar-refractivity contribution in [1.82, 2.24) is 4.72 Å². The molecule has 2 N–H and O–H groups in total. The minimum Gasteiger partial charge on any atom is -0.380 e. The highest BCUT2D eigenvalue weighted by Crippen LogP contribution is 2.36. The van der Waals surface area contributed by atoms with Gasteiger partial charge in [-0.15, -0.1) is 0 Å². The van der Waals surface area contributed by atoms with Crippen LogP contribution in [0.25, 0.3) is 0 Å². The summed E-state index contributed by atoms with van der Waals surface area (Å²) in [7, 11) is -3.66. The summed E-state index contributed by atoms with van der Waals surface area (Å²) in [5.74, 6) is -0.405. The van der Waals surface area contributed by atoms with Gasteiger partial charge in [0.15, 0.2) is 0 Å². The molecule has 0 aliphatic carbocycles. The number of aliphatic hydroxyl groups is 1. The third-order valence-electron chi connectivity index (χ3n) is 5.05. The van der Waals surface area contributed by atoms with Crippen molar-refractivity contribution < 1.29 is 13.5 Å². The second-order valence-corrected chi connectivity index (χ2v) is 8.83. The van der Waals surface area contributed by atoms with E-state index in [4.69, 9.17) is 0 Å². The Morgan fingerprint density at radius 3 is 1.79 bits per heavy atom. The van der Waals surface area contributed by atoms with E-state index in [2.05, 4.69) is 4.72 Å². The third-order valence-corrected chi connectivity index (χ3v) is 6.49. The molecule has 0 aromatic heterocycles. The van der Waals surface area contributed by atoms with Crippen LogP contribution < -0.4 is 4.72 Å². The molecule has 0 aliphatic rings. The second kappa shape index (κ2) is 8.27. The van der Waals surface area contributed by atoms with E-state index in [1.807, 2.05) is 74.5 Å². The van der Waals surface area contributed by atoms with E-state index in [-0.39, 0.29) is 11.4 Å². The van der Waals surface area contributed by atoms with Crippen molar-refractivity contribution in [2.45, 2.75) is 24.3 Å². The Balaban J connectivity index is 1.88. The van der Waals surface area contributed by atoms with Gasteiger partial charge in [0.25, 0.3) is 0 Å². The minimum absolute atomic E-state index is 0.0937. The lowest BCUT2D eigenvalue weighted by molar-refractivity contribution is 0.0262. The van der Waals surface area contributed by atoms with E-state index in [9.17, 15) is 13.5 Å². The van der Waals surface area contributed by atoms with Crippen molar-refractivity contribution in [3.05, 3.63) is 102 Å². The lowest BCUT2D eigenvalue weighted by atomic mass is 9.77. The molecule has 3 aromatic rings. The zero-order valence-corrected chi connectivity index (χ0v) is 16.9. The first-order valence-electron chi connectivity index (χ1n) is 9.24. The molecule has 5 heteroatoms. The molecule has 0 amide bonds. The molecule has 3 aromatic carbocycles. The SMILES string of the molecule is Cc1ccc(S(=O)(=O)NC[C@@H](C)C(O)(c2ccccc2)c2ccccc2)cc1. The van der Waals surface area contributed by atoms with Crippen molar-refractivity contribution >= 4 is 10.0 Å². The van der Waals surface area contributed by atoms with E-state index in [1.54, 1.807) is 24.3 Å². The van der Waals surface area contributed by atoms with Gasteiger partial charge in [0.1, 0.15) is 5.60 Å². The Morgan fingerprint density at radius 2 is 1.32 bits per heavy atom. The Bertz CT molecular complexity index is 961. The third kappa shape index (κ3) is 4.17. The summed E-state index contributed by atoms with van der Waals surface area (Å²) < 4.78 is 28.0. The maximum atomic E-state index is 12.7. The van der Waals surface area contributed by atoms with Crippen LogP contribution >= 0.6 is 0 Å². The maximum Gasteiger partial charge on any atom is 0.240 e. The second-order valence-electron chi connectivity index (χ2n) is 7.06. The molecule has 0 spiro atoms. The highest BCUT2D eigenvalue weighted by Gasteiger charge is 2.38. The van der Waals surface area contributed by atoms with Crippen LogP contribution in [-0.4, -0.2) is 20.1 Å². The monoisotopic (exact) mass is 395 g/mol. The topological polar surface area (TPSA) is 66.4 Å². The Hall–Kier alpha value is -2.47. The summed E-state index contributed by atoms with van der Waals surface area (Å²) in [6.45, 7) is 3.85. The van der Waals surface area contributed by atoms with Crippen molar-refractivity contribution in [2.75, 3.05) is 6.54 Å². The molecular formula is C23H25NO3S. The Kier molecular flexibility index (Phi) is 5.98. The highest BCUT2D eigenvalue weighted by atomic mass is 32.2.